The minimum atomic E-state index is 0.442. The summed E-state index contributed by atoms with van der Waals surface area (Å²) in [6, 6.07) is 12.6. The van der Waals surface area contributed by atoms with Crippen LogP contribution in [0.3, 0.4) is 0 Å². The number of halogens is 1. The third-order valence-electron chi connectivity index (χ3n) is 3.48. The van der Waals surface area contributed by atoms with Crippen LogP contribution < -0.4 is 5.32 Å². The lowest BCUT2D eigenvalue weighted by atomic mass is 10.0. The molecule has 1 N–H and O–H groups in total. The first-order valence-corrected chi connectivity index (χ1v) is 7.47. The van der Waals surface area contributed by atoms with E-state index in [2.05, 4.69) is 40.7 Å². The van der Waals surface area contributed by atoms with Gasteiger partial charge in [-0.3, -0.25) is 4.40 Å². The Labute approximate surface area is 129 Å². The number of rotatable bonds is 4. The lowest BCUT2D eigenvalue weighted by molar-refractivity contribution is 0.589. The molecule has 2 aromatic heterocycles. The van der Waals surface area contributed by atoms with Gasteiger partial charge in [0.25, 0.3) is 0 Å². The lowest BCUT2D eigenvalue weighted by Crippen LogP contribution is -2.22. The molecule has 0 radical (unpaired) electrons. The quantitative estimate of drug-likeness (QED) is 0.784. The molecule has 4 heteroatoms. The molecule has 1 aromatic carbocycles. The average Bonchev–Trinajstić information content (AvgIpc) is 2.94. The van der Waals surface area contributed by atoms with Gasteiger partial charge in [-0.25, -0.2) is 4.98 Å². The van der Waals surface area contributed by atoms with Crippen LogP contribution in [0.1, 0.15) is 19.4 Å². The van der Waals surface area contributed by atoms with E-state index in [4.69, 9.17) is 11.6 Å². The van der Waals surface area contributed by atoms with Crippen LogP contribution in [-0.2, 0) is 6.54 Å². The highest BCUT2D eigenvalue weighted by Crippen LogP contribution is 2.27. The number of pyridine rings is 1. The zero-order valence-corrected chi connectivity index (χ0v) is 12.9. The number of aromatic nitrogens is 2. The van der Waals surface area contributed by atoms with E-state index in [1.807, 2.05) is 36.7 Å². The molecule has 0 saturated heterocycles. The number of hydrogen-bond donors (Lipinski definition) is 1. The SMILES string of the molecule is CC(C)NCc1ccc(Cl)cc1-c1cccc2nccn12. The Morgan fingerprint density at radius 1 is 1.24 bits per heavy atom. The first kappa shape index (κ1) is 14.1. The third-order valence-corrected chi connectivity index (χ3v) is 3.71. The van der Waals surface area contributed by atoms with Gasteiger partial charge in [0, 0.05) is 35.6 Å². The molecule has 0 saturated carbocycles. The maximum atomic E-state index is 6.21. The topological polar surface area (TPSA) is 29.3 Å². The number of nitrogens with zero attached hydrogens (tertiary/aromatic N) is 2. The van der Waals surface area contributed by atoms with Crippen LogP contribution in [0.15, 0.2) is 48.8 Å². The van der Waals surface area contributed by atoms with Gasteiger partial charge in [-0.2, -0.15) is 0 Å². The summed E-state index contributed by atoms with van der Waals surface area (Å²) in [7, 11) is 0. The minimum Gasteiger partial charge on any atom is -0.310 e. The number of imidazole rings is 1. The summed E-state index contributed by atoms with van der Waals surface area (Å²) in [5.74, 6) is 0. The van der Waals surface area contributed by atoms with Crippen LogP contribution in [0, 0.1) is 0 Å². The second-order valence-corrected chi connectivity index (χ2v) is 5.84. The van der Waals surface area contributed by atoms with E-state index in [0.29, 0.717) is 6.04 Å². The molecule has 0 aliphatic carbocycles. The van der Waals surface area contributed by atoms with Crippen LogP contribution in [0.5, 0.6) is 0 Å². The molecular formula is C17H18ClN3. The van der Waals surface area contributed by atoms with Gasteiger partial charge in [0.15, 0.2) is 0 Å². The highest BCUT2D eigenvalue weighted by Gasteiger charge is 2.10. The predicted octanol–water partition coefficient (Wildman–Crippen LogP) is 4.15. The van der Waals surface area contributed by atoms with Crippen molar-refractivity contribution in [1.29, 1.82) is 0 Å². The number of benzene rings is 1. The fourth-order valence-corrected chi connectivity index (χ4v) is 2.59. The zero-order valence-electron chi connectivity index (χ0n) is 12.2. The van der Waals surface area contributed by atoms with Crippen molar-refractivity contribution in [3.8, 4) is 11.3 Å². The molecule has 0 aliphatic rings. The molecule has 0 amide bonds. The molecular weight excluding hydrogens is 282 g/mol. The molecule has 0 fully saturated rings. The Hall–Kier alpha value is -1.84. The molecule has 0 aliphatic heterocycles. The lowest BCUT2D eigenvalue weighted by Gasteiger charge is -2.14. The van der Waals surface area contributed by atoms with Gasteiger partial charge in [0.05, 0.1) is 5.69 Å². The summed E-state index contributed by atoms with van der Waals surface area (Å²) in [5.41, 5.74) is 4.41. The second-order valence-electron chi connectivity index (χ2n) is 5.40. The van der Waals surface area contributed by atoms with Crippen molar-refractivity contribution >= 4 is 17.2 Å². The molecule has 2 heterocycles. The van der Waals surface area contributed by atoms with E-state index in [-0.39, 0.29) is 0 Å². The molecule has 0 atom stereocenters. The monoisotopic (exact) mass is 299 g/mol. The van der Waals surface area contributed by atoms with Crippen LogP contribution in [0.2, 0.25) is 5.02 Å². The minimum absolute atomic E-state index is 0.442. The normalized spacial score (nSPS) is 11.4. The van der Waals surface area contributed by atoms with Gasteiger partial charge in [0.2, 0.25) is 0 Å². The molecule has 0 unspecified atom stereocenters. The Bertz CT molecular complexity index is 762. The fourth-order valence-electron chi connectivity index (χ4n) is 2.42. The van der Waals surface area contributed by atoms with Crippen molar-refractivity contribution in [2.75, 3.05) is 0 Å². The highest BCUT2D eigenvalue weighted by molar-refractivity contribution is 6.30. The smallest absolute Gasteiger partial charge is 0.137 e. The number of nitrogens with one attached hydrogen (secondary N) is 1. The van der Waals surface area contributed by atoms with Gasteiger partial charge in [0.1, 0.15) is 5.65 Å². The van der Waals surface area contributed by atoms with Crippen LogP contribution in [0.4, 0.5) is 0 Å². The standard InChI is InChI=1S/C17H18ClN3/c1-12(2)20-11-13-6-7-14(18)10-15(13)16-4-3-5-17-19-8-9-21(16)17/h3-10,12,20H,11H2,1-2H3. The molecule has 3 rings (SSSR count). The Kier molecular flexibility index (Phi) is 3.95. The summed E-state index contributed by atoms with van der Waals surface area (Å²) in [6.07, 6.45) is 3.79. The van der Waals surface area contributed by atoms with Crippen molar-refractivity contribution in [3.05, 3.63) is 59.4 Å². The number of fused-ring (bicyclic) bond motifs is 1. The second kappa shape index (κ2) is 5.88. The molecule has 21 heavy (non-hydrogen) atoms. The van der Waals surface area contributed by atoms with Crippen LogP contribution in [0.25, 0.3) is 16.9 Å². The van der Waals surface area contributed by atoms with Crippen molar-refractivity contribution in [3.63, 3.8) is 0 Å². The van der Waals surface area contributed by atoms with E-state index in [1.54, 1.807) is 0 Å². The summed E-state index contributed by atoms with van der Waals surface area (Å²) in [5, 5.41) is 4.21. The van der Waals surface area contributed by atoms with Gasteiger partial charge >= 0.3 is 0 Å². The van der Waals surface area contributed by atoms with Gasteiger partial charge < -0.3 is 5.32 Å². The summed E-state index contributed by atoms with van der Waals surface area (Å²) < 4.78 is 2.09. The molecule has 3 nitrogen and oxygen atoms in total. The predicted molar refractivity (Wildman–Crippen MR) is 87.6 cm³/mol. The maximum absolute atomic E-state index is 6.21. The zero-order chi connectivity index (χ0) is 14.8. The van der Waals surface area contributed by atoms with Gasteiger partial charge in [-0.1, -0.05) is 37.6 Å². The summed E-state index contributed by atoms with van der Waals surface area (Å²) in [6.45, 7) is 5.10. The van der Waals surface area contributed by atoms with Crippen LogP contribution in [-0.4, -0.2) is 15.4 Å². The largest absolute Gasteiger partial charge is 0.310 e. The maximum Gasteiger partial charge on any atom is 0.137 e. The van der Waals surface area contributed by atoms with Gasteiger partial charge in [-0.15, -0.1) is 0 Å². The van der Waals surface area contributed by atoms with E-state index in [1.165, 1.54) is 5.56 Å². The van der Waals surface area contributed by atoms with E-state index in [0.717, 1.165) is 28.5 Å². The van der Waals surface area contributed by atoms with Crippen molar-refractivity contribution in [1.82, 2.24) is 14.7 Å². The first-order valence-electron chi connectivity index (χ1n) is 7.09. The summed E-state index contributed by atoms with van der Waals surface area (Å²) >= 11 is 6.21. The Morgan fingerprint density at radius 2 is 2.10 bits per heavy atom. The fraction of sp³-hybridized carbons (Fsp3) is 0.235. The van der Waals surface area contributed by atoms with E-state index < -0.39 is 0 Å². The van der Waals surface area contributed by atoms with E-state index >= 15 is 0 Å². The summed E-state index contributed by atoms with van der Waals surface area (Å²) in [4.78, 5) is 4.35. The van der Waals surface area contributed by atoms with Gasteiger partial charge in [-0.05, 0) is 29.8 Å². The Balaban J connectivity index is 2.12. The number of hydrogen-bond acceptors (Lipinski definition) is 2. The van der Waals surface area contributed by atoms with E-state index in [9.17, 15) is 0 Å². The van der Waals surface area contributed by atoms with Crippen molar-refractivity contribution in [2.45, 2.75) is 26.4 Å². The molecule has 3 aromatic rings. The first-order chi connectivity index (χ1) is 10.1. The molecule has 0 spiro atoms. The van der Waals surface area contributed by atoms with Crippen molar-refractivity contribution in [2.24, 2.45) is 0 Å². The highest BCUT2D eigenvalue weighted by atomic mass is 35.5. The van der Waals surface area contributed by atoms with Crippen molar-refractivity contribution < 1.29 is 0 Å². The molecule has 108 valence electrons. The van der Waals surface area contributed by atoms with Crippen LogP contribution >= 0.6 is 11.6 Å². The third kappa shape index (κ3) is 2.94. The molecule has 0 bridgehead atoms. The average molecular weight is 300 g/mol. The Morgan fingerprint density at radius 3 is 2.90 bits per heavy atom.